The molecule has 2 N–H and O–H groups in total. The summed E-state index contributed by atoms with van der Waals surface area (Å²) in [5.41, 5.74) is 3.09. The molecule has 8 heteroatoms. The summed E-state index contributed by atoms with van der Waals surface area (Å²) >= 11 is 5.86. The number of halogens is 1. The van der Waals surface area contributed by atoms with Crippen LogP contribution >= 0.6 is 11.6 Å². The summed E-state index contributed by atoms with van der Waals surface area (Å²) in [7, 11) is 0. The van der Waals surface area contributed by atoms with Crippen LogP contribution in [0, 0.1) is 0 Å². The highest BCUT2D eigenvalue weighted by Crippen LogP contribution is 2.16. The van der Waals surface area contributed by atoms with Gasteiger partial charge in [0.1, 0.15) is 11.8 Å². The van der Waals surface area contributed by atoms with E-state index >= 15 is 0 Å². The maximum absolute atomic E-state index is 5.86. The number of benzene rings is 1. The highest BCUT2D eigenvalue weighted by Gasteiger charge is 2.10. The number of nitrogens with one attached hydrogen (secondary N) is 2. The molecule has 3 aromatic heterocycles. The smallest absolute Gasteiger partial charge is 0.189 e. The molecule has 0 bridgehead atoms. The fourth-order valence-corrected chi connectivity index (χ4v) is 2.27. The first-order valence-electron chi connectivity index (χ1n) is 6.32. The average Bonchev–Trinajstić information content (AvgIpc) is 3.12. The number of H-pyrrole nitrogens is 1. The number of fused-ring (bicyclic) bond motifs is 3. The predicted molar refractivity (Wildman–Crippen MR) is 79.2 cm³/mol. The van der Waals surface area contributed by atoms with Crippen LogP contribution < -0.4 is 5.32 Å². The van der Waals surface area contributed by atoms with Gasteiger partial charge < -0.3 is 10.3 Å². The molecule has 104 valence electrons. The molecule has 0 aliphatic carbocycles. The van der Waals surface area contributed by atoms with Crippen molar-refractivity contribution in [3.05, 3.63) is 47.8 Å². The van der Waals surface area contributed by atoms with Gasteiger partial charge in [-0.25, -0.2) is 9.97 Å². The van der Waals surface area contributed by atoms with Gasteiger partial charge in [0.25, 0.3) is 0 Å². The van der Waals surface area contributed by atoms with E-state index in [9.17, 15) is 0 Å². The van der Waals surface area contributed by atoms with E-state index in [0.717, 1.165) is 17.0 Å². The van der Waals surface area contributed by atoms with Crippen molar-refractivity contribution in [1.29, 1.82) is 0 Å². The Kier molecular flexibility index (Phi) is 2.71. The second-order valence-corrected chi connectivity index (χ2v) is 4.95. The van der Waals surface area contributed by atoms with Crippen LogP contribution in [0.1, 0.15) is 5.82 Å². The normalized spacial score (nSPS) is 11.3. The summed E-state index contributed by atoms with van der Waals surface area (Å²) in [4.78, 5) is 11.4. The first-order valence-corrected chi connectivity index (χ1v) is 6.70. The average molecular weight is 300 g/mol. The Morgan fingerprint density at radius 1 is 1.14 bits per heavy atom. The molecule has 0 fully saturated rings. The number of imidazole rings is 1. The second kappa shape index (κ2) is 4.71. The summed E-state index contributed by atoms with van der Waals surface area (Å²) in [5, 5.41) is 12.4. The SMILES string of the molecule is Clc1ccc(NCc2nnc3c4[nH]cnc4ncn23)cc1. The molecule has 3 heterocycles. The molecule has 0 amide bonds. The summed E-state index contributed by atoms with van der Waals surface area (Å²) in [5.74, 6) is 0.768. The van der Waals surface area contributed by atoms with E-state index < -0.39 is 0 Å². The molecule has 0 unspecified atom stereocenters. The van der Waals surface area contributed by atoms with Crippen molar-refractivity contribution in [2.45, 2.75) is 6.54 Å². The number of hydrogen-bond acceptors (Lipinski definition) is 5. The quantitative estimate of drug-likeness (QED) is 0.606. The molecular weight excluding hydrogens is 290 g/mol. The number of aromatic amines is 1. The van der Waals surface area contributed by atoms with Crippen LogP contribution in [0.15, 0.2) is 36.9 Å². The molecule has 0 aliphatic heterocycles. The molecule has 7 nitrogen and oxygen atoms in total. The van der Waals surface area contributed by atoms with Gasteiger partial charge in [-0.05, 0) is 24.3 Å². The molecule has 0 radical (unpaired) electrons. The van der Waals surface area contributed by atoms with Crippen LogP contribution in [-0.2, 0) is 6.54 Å². The summed E-state index contributed by atoms with van der Waals surface area (Å²) in [6.07, 6.45) is 3.27. The zero-order valence-corrected chi connectivity index (χ0v) is 11.5. The van der Waals surface area contributed by atoms with Crippen molar-refractivity contribution in [2.75, 3.05) is 5.32 Å². The molecule has 0 saturated carbocycles. The monoisotopic (exact) mass is 299 g/mol. The summed E-state index contributed by atoms with van der Waals surface area (Å²) in [6.45, 7) is 0.532. The number of rotatable bonds is 3. The van der Waals surface area contributed by atoms with Gasteiger partial charge in [0.2, 0.25) is 0 Å². The van der Waals surface area contributed by atoms with Crippen LogP contribution in [0.4, 0.5) is 5.69 Å². The predicted octanol–water partition coefficient (Wildman–Crippen LogP) is 2.27. The Morgan fingerprint density at radius 2 is 2.00 bits per heavy atom. The van der Waals surface area contributed by atoms with Gasteiger partial charge in [-0.15, -0.1) is 10.2 Å². The lowest BCUT2D eigenvalue weighted by molar-refractivity contribution is 0.907. The van der Waals surface area contributed by atoms with E-state index in [1.807, 2.05) is 28.7 Å². The maximum atomic E-state index is 5.86. The van der Waals surface area contributed by atoms with Crippen molar-refractivity contribution < 1.29 is 0 Å². The lowest BCUT2D eigenvalue weighted by Crippen LogP contribution is -2.04. The van der Waals surface area contributed by atoms with Crippen LogP contribution in [0.3, 0.4) is 0 Å². The van der Waals surface area contributed by atoms with Crippen molar-refractivity contribution >= 4 is 34.1 Å². The standard InChI is InChI=1S/C13H10ClN7/c14-8-1-3-9(4-2-8)15-5-10-19-20-13-11-12(17-6-16-11)18-7-21(10)13/h1-4,6-7,15H,5H2,(H,16,17). The molecule has 0 saturated heterocycles. The van der Waals surface area contributed by atoms with Crippen LogP contribution in [-0.4, -0.2) is 29.5 Å². The van der Waals surface area contributed by atoms with Crippen molar-refractivity contribution in [3.63, 3.8) is 0 Å². The Labute approximate surface area is 124 Å². The zero-order valence-electron chi connectivity index (χ0n) is 10.8. The zero-order chi connectivity index (χ0) is 14.2. The van der Waals surface area contributed by atoms with Crippen LogP contribution in [0.25, 0.3) is 16.8 Å². The Bertz CT molecular complexity index is 909. The van der Waals surface area contributed by atoms with E-state index in [2.05, 4.69) is 30.5 Å². The largest absolute Gasteiger partial charge is 0.378 e. The Morgan fingerprint density at radius 3 is 2.86 bits per heavy atom. The molecule has 0 atom stereocenters. The maximum Gasteiger partial charge on any atom is 0.189 e. The van der Waals surface area contributed by atoms with Gasteiger partial charge >= 0.3 is 0 Å². The third-order valence-electron chi connectivity index (χ3n) is 3.20. The third-order valence-corrected chi connectivity index (χ3v) is 3.45. The molecular formula is C13H10ClN7. The van der Waals surface area contributed by atoms with E-state index in [0.29, 0.717) is 22.9 Å². The molecule has 4 rings (SSSR count). The molecule has 4 aromatic rings. The second-order valence-electron chi connectivity index (χ2n) is 4.52. The van der Waals surface area contributed by atoms with Gasteiger partial charge in [-0.1, -0.05) is 11.6 Å². The number of nitrogens with zero attached hydrogens (tertiary/aromatic N) is 5. The summed E-state index contributed by atoms with van der Waals surface area (Å²) in [6, 6.07) is 7.50. The fourth-order valence-electron chi connectivity index (χ4n) is 2.15. The lowest BCUT2D eigenvalue weighted by Gasteiger charge is -2.05. The molecule has 0 spiro atoms. The van der Waals surface area contributed by atoms with Crippen molar-refractivity contribution in [3.8, 4) is 0 Å². The first-order chi connectivity index (χ1) is 10.3. The first kappa shape index (κ1) is 12.1. The summed E-state index contributed by atoms with van der Waals surface area (Å²) < 4.78 is 1.84. The van der Waals surface area contributed by atoms with Crippen molar-refractivity contribution in [2.24, 2.45) is 0 Å². The van der Waals surface area contributed by atoms with Crippen LogP contribution in [0.5, 0.6) is 0 Å². The minimum Gasteiger partial charge on any atom is -0.378 e. The highest BCUT2D eigenvalue weighted by molar-refractivity contribution is 6.30. The molecule has 0 aliphatic rings. The Balaban J connectivity index is 1.66. The number of aromatic nitrogens is 6. The third kappa shape index (κ3) is 2.07. The lowest BCUT2D eigenvalue weighted by atomic mass is 10.3. The van der Waals surface area contributed by atoms with Gasteiger partial charge in [0.15, 0.2) is 17.1 Å². The van der Waals surface area contributed by atoms with Crippen molar-refractivity contribution in [1.82, 2.24) is 29.5 Å². The van der Waals surface area contributed by atoms with E-state index in [1.165, 1.54) is 0 Å². The molecule has 1 aromatic carbocycles. The molecule has 21 heavy (non-hydrogen) atoms. The number of anilines is 1. The fraction of sp³-hybridized carbons (Fsp3) is 0.0769. The van der Waals surface area contributed by atoms with Crippen LogP contribution in [0.2, 0.25) is 5.02 Å². The van der Waals surface area contributed by atoms with Gasteiger partial charge in [-0.3, -0.25) is 4.40 Å². The minimum absolute atomic E-state index is 0.532. The number of hydrogen-bond donors (Lipinski definition) is 2. The van der Waals surface area contributed by atoms with Gasteiger partial charge in [-0.2, -0.15) is 0 Å². The Hall–Kier alpha value is -2.67. The highest BCUT2D eigenvalue weighted by atomic mass is 35.5. The van der Waals surface area contributed by atoms with E-state index in [1.54, 1.807) is 12.7 Å². The van der Waals surface area contributed by atoms with E-state index in [4.69, 9.17) is 11.6 Å². The van der Waals surface area contributed by atoms with Gasteiger partial charge in [0.05, 0.1) is 12.9 Å². The van der Waals surface area contributed by atoms with Gasteiger partial charge in [0, 0.05) is 10.7 Å². The van der Waals surface area contributed by atoms with E-state index in [-0.39, 0.29) is 0 Å². The minimum atomic E-state index is 0.532. The topological polar surface area (TPSA) is 83.8 Å².